The monoisotopic (exact) mass is 395 g/mol. The molecule has 0 bridgehead atoms. The van der Waals surface area contributed by atoms with Gasteiger partial charge in [-0.3, -0.25) is 9.97 Å². The van der Waals surface area contributed by atoms with E-state index in [2.05, 4.69) is 53.2 Å². The highest BCUT2D eigenvalue weighted by Crippen LogP contribution is 2.41. The van der Waals surface area contributed by atoms with E-state index in [-0.39, 0.29) is 6.04 Å². The zero-order valence-electron chi connectivity index (χ0n) is 11.1. The summed E-state index contributed by atoms with van der Waals surface area (Å²) in [7, 11) is 1.99. The molecule has 0 fully saturated rings. The van der Waals surface area contributed by atoms with Crippen molar-refractivity contribution in [2.45, 2.75) is 24.8 Å². The molecule has 0 spiro atoms. The van der Waals surface area contributed by atoms with E-state index in [4.69, 9.17) is 0 Å². The quantitative estimate of drug-likeness (QED) is 0.852. The number of hydrogen-bond donors (Lipinski definition) is 1. The lowest BCUT2D eigenvalue weighted by atomic mass is 9.94. The van der Waals surface area contributed by atoms with Gasteiger partial charge in [0.05, 0.1) is 11.7 Å². The molecule has 3 rings (SSSR count). The molecule has 1 aliphatic rings. The summed E-state index contributed by atoms with van der Waals surface area (Å²) in [6.45, 7) is 0. The molecule has 1 N–H and O–H groups in total. The molecule has 104 valence electrons. The standard InChI is InChI=1S/C15H15Br2N3/c1-18-14(15-12(17)7-10(16)8-20-15)11-5-4-9-3-2-6-19-13(9)11/h2-3,6-8,11,14,18H,4-5H2,1H3. The van der Waals surface area contributed by atoms with Crippen LogP contribution in [0.15, 0.2) is 39.5 Å². The number of nitrogens with zero attached hydrogens (tertiary/aromatic N) is 2. The molecule has 3 nitrogen and oxygen atoms in total. The molecule has 5 heteroatoms. The molecule has 0 radical (unpaired) electrons. The van der Waals surface area contributed by atoms with Crippen LogP contribution in [0.2, 0.25) is 0 Å². The first kappa shape index (κ1) is 14.2. The van der Waals surface area contributed by atoms with Gasteiger partial charge in [-0.25, -0.2) is 0 Å². The molecular formula is C15H15Br2N3. The minimum atomic E-state index is 0.175. The van der Waals surface area contributed by atoms with Crippen LogP contribution in [0.5, 0.6) is 0 Å². The maximum atomic E-state index is 4.59. The molecule has 2 atom stereocenters. The molecule has 20 heavy (non-hydrogen) atoms. The van der Waals surface area contributed by atoms with E-state index in [1.807, 2.05) is 31.6 Å². The van der Waals surface area contributed by atoms with E-state index in [9.17, 15) is 0 Å². The van der Waals surface area contributed by atoms with Crippen molar-refractivity contribution in [3.8, 4) is 0 Å². The maximum Gasteiger partial charge on any atom is 0.0722 e. The van der Waals surface area contributed by atoms with Crippen molar-refractivity contribution in [2.24, 2.45) is 0 Å². The first-order chi connectivity index (χ1) is 9.70. The number of aromatic nitrogens is 2. The Morgan fingerprint density at radius 3 is 2.95 bits per heavy atom. The number of nitrogens with one attached hydrogen (secondary N) is 1. The normalized spacial score (nSPS) is 18.9. The van der Waals surface area contributed by atoms with E-state index in [0.717, 1.165) is 27.5 Å². The molecule has 1 aliphatic carbocycles. The zero-order valence-corrected chi connectivity index (χ0v) is 14.3. The van der Waals surface area contributed by atoms with Crippen LogP contribution in [0.1, 0.15) is 35.3 Å². The van der Waals surface area contributed by atoms with Gasteiger partial charge in [0.2, 0.25) is 0 Å². The SMILES string of the molecule is CNC(c1ncc(Br)cc1Br)C1CCc2cccnc21. The number of aryl methyl sites for hydroxylation is 1. The average molecular weight is 397 g/mol. The zero-order chi connectivity index (χ0) is 14.1. The van der Waals surface area contributed by atoms with Gasteiger partial charge in [-0.05, 0) is 69.4 Å². The highest BCUT2D eigenvalue weighted by atomic mass is 79.9. The largest absolute Gasteiger partial charge is 0.311 e. The Balaban J connectivity index is 1.99. The summed E-state index contributed by atoms with van der Waals surface area (Å²) in [6.07, 6.45) is 5.94. The van der Waals surface area contributed by atoms with E-state index >= 15 is 0 Å². The van der Waals surface area contributed by atoms with Gasteiger partial charge >= 0.3 is 0 Å². The predicted octanol–water partition coefficient (Wildman–Crippen LogP) is 3.99. The lowest BCUT2D eigenvalue weighted by molar-refractivity contribution is 0.458. The van der Waals surface area contributed by atoms with Crippen LogP contribution in [0.25, 0.3) is 0 Å². The third-order valence-electron chi connectivity index (χ3n) is 3.85. The minimum Gasteiger partial charge on any atom is -0.311 e. The Kier molecular flexibility index (Phi) is 4.19. The third kappa shape index (κ3) is 2.54. The smallest absolute Gasteiger partial charge is 0.0722 e. The summed E-state index contributed by atoms with van der Waals surface area (Å²) in [5.74, 6) is 0.376. The van der Waals surface area contributed by atoms with E-state index < -0.39 is 0 Å². The number of halogens is 2. The van der Waals surface area contributed by atoms with Crippen molar-refractivity contribution in [1.82, 2.24) is 15.3 Å². The molecule has 0 saturated heterocycles. The molecular weight excluding hydrogens is 382 g/mol. The van der Waals surface area contributed by atoms with Gasteiger partial charge in [0.25, 0.3) is 0 Å². The highest BCUT2D eigenvalue weighted by Gasteiger charge is 2.32. The summed E-state index contributed by atoms with van der Waals surface area (Å²) in [5, 5.41) is 3.41. The fourth-order valence-corrected chi connectivity index (χ4v) is 4.18. The van der Waals surface area contributed by atoms with Crippen molar-refractivity contribution in [2.75, 3.05) is 7.05 Å². The van der Waals surface area contributed by atoms with Gasteiger partial charge in [-0.15, -0.1) is 0 Å². The highest BCUT2D eigenvalue weighted by molar-refractivity contribution is 9.11. The third-order valence-corrected chi connectivity index (χ3v) is 4.92. The Hall–Kier alpha value is -0.780. The fourth-order valence-electron chi connectivity index (χ4n) is 2.95. The number of fused-ring (bicyclic) bond motifs is 1. The van der Waals surface area contributed by atoms with Crippen LogP contribution in [-0.2, 0) is 6.42 Å². The van der Waals surface area contributed by atoms with E-state index in [1.54, 1.807) is 0 Å². The Morgan fingerprint density at radius 1 is 1.35 bits per heavy atom. The minimum absolute atomic E-state index is 0.175. The van der Waals surface area contributed by atoms with Crippen molar-refractivity contribution in [1.29, 1.82) is 0 Å². The second-order valence-electron chi connectivity index (χ2n) is 4.98. The molecule has 2 unspecified atom stereocenters. The van der Waals surface area contributed by atoms with Crippen LogP contribution in [0.3, 0.4) is 0 Å². The second-order valence-corrected chi connectivity index (χ2v) is 6.75. The van der Waals surface area contributed by atoms with Crippen molar-refractivity contribution < 1.29 is 0 Å². The first-order valence-corrected chi connectivity index (χ1v) is 8.21. The van der Waals surface area contributed by atoms with E-state index in [0.29, 0.717) is 5.92 Å². The Bertz CT molecular complexity index is 630. The number of rotatable bonds is 3. The van der Waals surface area contributed by atoms with Crippen molar-refractivity contribution in [3.05, 3.63) is 56.5 Å². The van der Waals surface area contributed by atoms with Gasteiger partial charge in [0, 0.05) is 33.0 Å². The molecule has 0 amide bonds. The Labute approximate surface area is 135 Å². The lowest BCUT2D eigenvalue weighted by Crippen LogP contribution is -2.24. The van der Waals surface area contributed by atoms with Crippen LogP contribution < -0.4 is 5.32 Å². The maximum absolute atomic E-state index is 4.59. The van der Waals surface area contributed by atoms with Gasteiger partial charge in [-0.2, -0.15) is 0 Å². The number of likely N-dealkylation sites (N-methyl/N-ethyl adjacent to an activating group) is 1. The van der Waals surface area contributed by atoms with Gasteiger partial charge < -0.3 is 5.32 Å². The molecule has 2 aromatic rings. The van der Waals surface area contributed by atoms with Gasteiger partial charge in [-0.1, -0.05) is 6.07 Å². The molecule has 2 aromatic heterocycles. The topological polar surface area (TPSA) is 37.8 Å². The number of hydrogen-bond acceptors (Lipinski definition) is 3. The number of pyridine rings is 2. The van der Waals surface area contributed by atoms with Crippen LogP contribution in [-0.4, -0.2) is 17.0 Å². The van der Waals surface area contributed by atoms with E-state index in [1.165, 1.54) is 11.3 Å². The summed E-state index contributed by atoms with van der Waals surface area (Å²) < 4.78 is 2.00. The van der Waals surface area contributed by atoms with Crippen molar-refractivity contribution in [3.63, 3.8) is 0 Å². The molecule has 0 saturated carbocycles. The second kappa shape index (κ2) is 5.92. The van der Waals surface area contributed by atoms with Gasteiger partial charge in [0.1, 0.15) is 0 Å². The van der Waals surface area contributed by atoms with Crippen molar-refractivity contribution >= 4 is 31.9 Å². The van der Waals surface area contributed by atoms with Crippen LogP contribution in [0, 0.1) is 0 Å². The Morgan fingerprint density at radius 2 is 2.20 bits per heavy atom. The molecule has 0 aliphatic heterocycles. The average Bonchev–Trinajstić information content (AvgIpc) is 2.86. The van der Waals surface area contributed by atoms with Crippen LogP contribution in [0.4, 0.5) is 0 Å². The predicted molar refractivity (Wildman–Crippen MR) is 86.7 cm³/mol. The molecule has 2 heterocycles. The summed E-state index contributed by atoms with van der Waals surface area (Å²) >= 11 is 7.07. The van der Waals surface area contributed by atoms with Gasteiger partial charge in [0.15, 0.2) is 0 Å². The summed E-state index contributed by atoms with van der Waals surface area (Å²) in [6, 6.07) is 6.41. The fraction of sp³-hybridized carbons (Fsp3) is 0.333. The van der Waals surface area contributed by atoms with Crippen LogP contribution >= 0.6 is 31.9 Å². The summed E-state index contributed by atoms with van der Waals surface area (Å²) in [4.78, 5) is 9.17. The summed E-state index contributed by atoms with van der Waals surface area (Å²) in [5.41, 5.74) is 3.62. The first-order valence-electron chi connectivity index (χ1n) is 6.62. The molecule has 0 aromatic carbocycles. The lowest BCUT2D eigenvalue weighted by Gasteiger charge is -2.24.